The molecule has 1 amide bonds. The smallest absolute Gasteiger partial charge is 0.257 e. The van der Waals surface area contributed by atoms with E-state index in [9.17, 15) is 4.79 Å². The molecule has 6 heteroatoms. The lowest BCUT2D eigenvalue weighted by Gasteiger charge is -2.27. The molecular formula is C18H22ClN3O2. The summed E-state index contributed by atoms with van der Waals surface area (Å²) in [5.41, 5.74) is 3.39. The van der Waals surface area contributed by atoms with E-state index in [1.165, 1.54) is 0 Å². The number of halogens is 1. The fourth-order valence-corrected chi connectivity index (χ4v) is 3.25. The number of aryl methyl sites for hydroxylation is 1. The maximum absolute atomic E-state index is 13.1. The Bertz CT molecular complexity index is 736. The maximum Gasteiger partial charge on any atom is 0.257 e. The molecular weight excluding hydrogens is 326 g/mol. The molecule has 1 aliphatic heterocycles. The summed E-state index contributed by atoms with van der Waals surface area (Å²) in [4.78, 5) is 14.9. The summed E-state index contributed by atoms with van der Waals surface area (Å²) in [6.07, 6.45) is 1.44. The quantitative estimate of drug-likeness (QED) is 0.853. The highest BCUT2D eigenvalue weighted by atomic mass is 35.5. The Morgan fingerprint density at radius 3 is 2.62 bits per heavy atom. The van der Waals surface area contributed by atoms with Crippen LogP contribution in [0.2, 0.25) is 5.02 Å². The number of carbonyl (C=O) groups is 1. The Hall–Kier alpha value is -1.85. The first-order chi connectivity index (χ1) is 11.7. The van der Waals surface area contributed by atoms with Gasteiger partial charge in [-0.05, 0) is 31.0 Å². The van der Waals surface area contributed by atoms with Crippen molar-refractivity contribution < 1.29 is 9.53 Å². The zero-order valence-electron chi connectivity index (χ0n) is 14.1. The summed E-state index contributed by atoms with van der Waals surface area (Å²) in [6.45, 7) is 6.53. The van der Waals surface area contributed by atoms with E-state index in [0.717, 1.165) is 29.1 Å². The van der Waals surface area contributed by atoms with Crippen LogP contribution in [0.4, 0.5) is 0 Å². The van der Waals surface area contributed by atoms with E-state index < -0.39 is 0 Å². The molecule has 1 aromatic carbocycles. The van der Waals surface area contributed by atoms with Crippen molar-refractivity contribution in [3.05, 3.63) is 46.2 Å². The maximum atomic E-state index is 13.1. The molecule has 1 aromatic heterocycles. The van der Waals surface area contributed by atoms with Gasteiger partial charge in [-0.1, -0.05) is 31.5 Å². The molecule has 2 heterocycles. The third kappa shape index (κ3) is 3.19. The van der Waals surface area contributed by atoms with Gasteiger partial charge >= 0.3 is 0 Å². The summed E-state index contributed by atoms with van der Waals surface area (Å²) < 4.78 is 7.22. The topological polar surface area (TPSA) is 47.4 Å². The molecule has 0 unspecified atom stereocenters. The summed E-state index contributed by atoms with van der Waals surface area (Å²) in [7, 11) is 0. The molecule has 0 atom stereocenters. The second-order valence-corrected chi connectivity index (χ2v) is 6.21. The van der Waals surface area contributed by atoms with Crippen molar-refractivity contribution in [2.24, 2.45) is 0 Å². The first-order valence-corrected chi connectivity index (χ1v) is 8.77. The molecule has 0 radical (unpaired) electrons. The molecule has 0 aliphatic carbocycles. The van der Waals surface area contributed by atoms with Gasteiger partial charge in [-0.2, -0.15) is 5.10 Å². The van der Waals surface area contributed by atoms with E-state index in [-0.39, 0.29) is 5.91 Å². The fraction of sp³-hybridized carbons (Fsp3) is 0.444. The predicted octanol–water partition coefficient (Wildman–Crippen LogP) is 3.12. The largest absolute Gasteiger partial charge is 0.378 e. The van der Waals surface area contributed by atoms with Crippen LogP contribution in [0.1, 0.15) is 35.6 Å². The Kier molecular flexibility index (Phi) is 5.21. The minimum Gasteiger partial charge on any atom is -0.378 e. The number of hydrogen-bond donors (Lipinski definition) is 0. The molecule has 24 heavy (non-hydrogen) atoms. The molecule has 3 rings (SSSR count). The van der Waals surface area contributed by atoms with Crippen LogP contribution in [0, 0.1) is 0 Å². The SMILES string of the molecule is CCc1nn(-c2cccc(Cl)c2)c(CC)c1C(=O)N1CCOCC1. The van der Waals surface area contributed by atoms with Crippen molar-refractivity contribution in [1.82, 2.24) is 14.7 Å². The number of carbonyl (C=O) groups excluding carboxylic acids is 1. The second-order valence-electron chi connectivity index (χ2n) is 5.77. The molecule has 0 bridgehead atoms. The van der Waals surface area contributed by atoms with E-state index >= 15 is 0 Å². The highest BCUT2D eigenvalue weighted by Gasteiger charge is 2.27. The lowest BCUT2D eigenvalue weighted by Crippen LogP contribution is -2.41. The second kappa shape index (κ2) is 7.36. The normalized spacial score (nSPS) is 14.9. The lowest BCUT2D eigenvalue weighted by molar-refractivity contribution is 0.0301. The van der Waals surface area contributed by atoms with E-state index in [1.54, 1.807) is 0 Å². The molecule has 1 fully saturated rings. The molecule has 128 valence electrons. The number of hydrogen-bond acceptors (Lipinski definition) is 3. The molecule has 1 saturated heterocycles. The zero-order valence-corrected chi connectivity index (χ0v) is 14.8. The number of amides is 1. The summed E-state index contributed by atoms with van der Waals surface area (Å²) in [6, 6.07) is 7.56. The van der Waals surface area contributed by atoms with Crippen LogP contribution in [0.5, 0.6) is 0 Å². The van der Waals surface area contributed by atoms with Crippen LogP contribution in [-0.2, 0) is 17.6 Å². The highest BCUT2D eigenvalue weighted by molar-refractivity contribution is 6.30. The number of rotatable bonds is 4. The monoisotopic (exact) mass is 347 g/mol. The standard InChI is InChI=1S/C18H22ClN3O2/c1-3-15-17(18(23)21-8-10-24-11-9-21)16(4-2)22(20-15)14-7-5-6-13(19)12-14/h5-7,12H,3-4,8-11H2,1-2H3. The Balaban J connectivity index is 2.06. The first kappa shape index (κ1) is 17.0. The van der Waals surface area contributed by atoms with Crippen molar-refractivity contribution in [1.29, 1.82) is 0 Å². The van der Waals surface area contributed by atoms with E-state index in [1.807, 2.05) is 47.7 Å². The highest BCUT2D eigenvalue weighted by Crippen LogP contribution is 2.24. The van der Waals surface area contributed by atoms with Gasteiger partial charge in [-0.3, -0.25) is 4.79 Å². The van der Waals surface area contributed by atoms with E-state index in [4.69, 9.17) is 21.4 Å². The van der Waals surface area contributed by atoms with Gasteiger partial charge in [0.25, 0.3) is 5.91 Å². The van der Waals surface area contributed by atoms with Crippen LogP contribution in [0.15, 0.2) is 24.3 Å². The Morgan fingerprint density at radius 2 is 2.00 bits per heavy atom. The van der Waals surface area contributed by atoms with Gasteiger partial charge in [0.05, 0.1) is 35.9 Å². The van der Waals surface area contributed by atoms with Crippen molar-refractivity contribution in [2.45, 2.75) is 26.7 Å². The number of aromatic nitrogens is 2. The Morgan fingerprint density at radius 1 is 1.25 bits per heavy atom. The van der Waals surface area contributed by atoms with Crippen molar-refractivity contribution in [3.8, 4) is 5.69 Å². The molecule has 5 nitrogen and oxygen atoms in total. The summed E-state index contributed by atoms with van der Waals surface area (Å²) in [5.74, 6) is 0.0558. The van der Waals surface area contributed by atoms with Crippen LogP contribution in [0.3, 0.4) is 0 Å². The number of ether oxygens (including phenoxy) is 1. The summed E-state index contributed by atoms with van der Waals surface area (Å²) >= 11 is 6.12. The minimum absolute atomic E-state index is 0.0558. The summed E-state index contributed by atoms with van der Waals surface area (Å²) in [5, 5.41) is 5.36. The number of morpholine rings is 1. The van der Waals surface area contributed by atoms with Gasteiger partial charge in [0, 0.05) is 18.1 Å². The third-order valence-corrected chi connectivity index (χ3v) is 4.52. The van der Waals surface area contributed by atoms with E-state index in [0.29, 0.717) is 37.7 Å². The molecule has 0 spiro atoms. The van der Waals surface area contributed by atoms with Gasteiger partial charge in [0.1, 0.15) is 0 Å². The predicted molar refractivity (Wildman–Crippen MR) is 94.1 cm³/mol. The average Bonchev–Trinajstić information content (AvgIpc) is 3.00. The molecule has 1 aliphatic rings. The van der Waals surface area contributed by atoms with Gasteiger partial charge in [0.2, 0.25) is 0 Å². The molecule has 0 saturated carbocycles. The van der Waals surface area contributed by atoms with Crippen LogP contribution in [0.25, 0.3) is 5.69 Å². The van der Waals surface area contributed by atoms with E-state index in [2.05, 4.69) is 0 Å². The van der Waals surface area contributed by atoms with Crippen molar-refractivity contribution >= 4 is 17.5 Å². The number of benzene rings is 1. The average molecular weight is 348 g/mol. The van der Waals surface area contributed by atoms with Crippen molar-refractivity contribution in [3.63, 3.8) is 0 Å². The molecule has 2 aromatic rings. The van der Waals surface area contributed by atoms with Crippen LogP contribution in [-0.4, -0.2) is 46.9 Å². The van der Waals surface area contributed by atoms with Crippen LogP contribution < -0.4 is 0 Å². The van der Waals surface area contributed by atoms with Gasteiger partial charge in [-0.25, -0.2) is 4.68 Å². The van der Waals surface area contributed by atoms with Crippen LogP contribution >= 0.6 is 11.6 Å². The van der Waals surface area contributed by atoms with Gasteiger partial charge in [0.15, 0.2) is 0 Å². The Labute approximate surface area is 147 Å². The lowest BCUT2D eigenvalue weighted by atomic mass is 10.1. The zero-order chi connectivity index (χ0) is 17.1. The minimum atomic E-state index is 0.0558. The van der Waals surface area contributed by atoms with Gasteiger partial charge < -0.3 is 9.64 Å². The fourth-order valence-electron chi connectivity index (χ4n) is 3.07. The number of nitrogens with zero attached hydrogens (tertiary/aromatic N) is 3. The first-order valence-electron chi connectivity index (χ1n) is 8.39. The molecule has 0 N–H and O–H groups in total. The van der Waals surface area contributed by atoms with Gasteiger partial charge in [-0.15, -0.1) is 0 Å². The third-order valence-electron chi connectivity index (χ3n) is 4.29. The van der Waals surface area contributed by atoms with Crippen molar-refractivity contribution in [2.75, 3.05) is 26.3 Å².